The predicted octanol–water partition coefficient (Wildman–Crippen LogP) is 7.86. The molecule has 10 nitrogen and oxygen atoms in total. The Morgan fingerprint density at radius 3 is 2.20 bits per heavy atom. The maximum Gasteiger partial charge on any atom is 0.246 e. The molecule has 0 atom stereocenters. The van der Waals surface area contributed by atoms with Gasteiger partial charge >= 0.3 is 0 Å². The smallest absolute Gasteiger partial charge is 0.246 e. The van der Waals surface area contributed by atoms with Crippen molar-refractivity contribution in [1.29, 1.82) is 5.26 Å². The summed E-state index contributed by atoms with van der Waals surface area (Å²) >= 11 is 0. The number of pyridine rings is 1. The highest BCUT2D eigenvalue weighted by Gasteiger charge is 2.19. The molecule has 0 aliphatic carbocycles. The molecule has 1 fully saturated rings. The van der Waals surface area contributed by atoms with E-state index in [9.17, 15) is 4.79 Å². The van der Waals surface area contributed by atoms with Crippen LogP contribution in [0.1, 0.15) is 38.9 Å². The Morgan fingerprint density at radius 1 is 0.833 bits per heavy atom. The molecule has 1 aliphatic heterocycles. The molecule has 2 heterocycles. The third-order valence-corrected chi connectivity index (χ3v) is 8.97. The van der Waals surface area contributed by atoms with Crippen LogP contribution in [0.15, 0.2) is 109 Å². The number of methoxy groups -OCH3 is 1. The number of aryl methyl sites for hydroxylation is 2. The van der Waals surface area contributed by atoms with Gasteiger partial charge in [-0.15, -0.1) is 0 Å². The number of nitrogens with zero attached hydrogens (tertiary/aromatic N) is 4. The van der Waals surface area contributed by atoms with Crippen molar-refractivity contribution in [2.24, 2.45) is 0 Å². The summed E-state index contributed by atoms with van der Waals surface area (Å²) in [5.41, 5.74) is 6.69. The van der Waals surface area contributed by atoms with Crippen LogP contribution in [-0.2, 0) is 29.2 Å². The lowest BCUT2D eigenvalue weighted by atomic mass is 10.1. The lowest BCUT2D eigenvalue weighted by molar-refractivity contribution is -0.155. The molecule has 4 aromatic carbocycles. The van der Waals surface area contributed by atoms with E-state index in [1.165, 1.54) is 5.56 Å². The van der Waals surface area contributed by atoms with Crippen molar-refractivity contribution in [3.8, 4) is 34.9 Å². The number of aromatic nitrogens is 1. The van der Waals surface area contributed by atoms with E-state index in [1.54, 1.807) is 37.6 Å². The average molecular weight is 725 g/mol. The van der Waals surface area contributed by atoms with E-state index in [0.29, 0.717) is 63.2 Å². The van der Waals surface area contributed by atoms with Gasteiger partial charge in [-0.1, -0.05) is 36.4 Å². The highest BCUT2D eigenvalue weighted by Crippen LogP contribution is 2.30. The summed E-state index contributed by atoms with van der Waals surface area (Å²) in [7, 11) is 1.65. The third-order valence-electron chi connectivity index (χ3n) is 8.97. The Labute approximate surface area is 316 Å². The zero-order valence-electron chi connectivity index (χ0n) is 30.9. The molecule has 5 aromatic rings. The largest absolute Gasteiger partial charge is 0.497 e. The minimum Gasteiger partial charge on any atom is -0.497 e. The van der Waals surface area contributed by atoms with Gasteiger partial charge < -0.3 is 23.8 Å². The highest BCUT2D eigenvalue weighted by atomic mass is 16.7. The van der Waals surface area contributed by atoms with Gasteiger partial charge in [-0.2, -0.15) is 10.3 Å². The van der Waals surface area contributed by atoms with Crippen LogP contribution in [0.4, 0.5) is 0 Å². The Bertz CT molecular complexity index is 2030. The van der Waals surface area contributed by atoms with Crippen LogP contribution >= 0.6 is 0 Å². The summed E-state index contributed by atoms with van der Waals surface area (Å²) in [4.78, 5) is 25.4. The van der Waals surface area contributed by atoms with Gasteiger partial charge in [0, 0.05) is 44.7 Å². The van der Waals surface area contributed by atoms with Crippen LogP contribution in [0.3, 0.4) is 0 Å². The first-order chi connectivity index (χ1) is 26.3. The molecule has 0 spiro atoms. The van der Waals surface area contributed by atoms with Gasteiger partial charge in [-0.3, -0.25) is 9.63 Å². The molecule has 1 aromatic heterocycles. The fourth-order valence-corrected chi connectivity index (χ4v) is 5.98. The number of hydrogen-bond acceptors (Lipinski definition) is 9. The van der Waals surface area contributed by atoms with Crippen LogP contribution in [-0.4, -0.2) is 60.8 Å². The monoisotopic (exact) mass is 724 g/mol. The van der Waals surface area contributed by atoms with E-state index in [0.717, 1.165) is 51.5 Å². The van der Waals surface area contributed by atoms with Gasteiger partial charge in [0.1, 0.15) is 29.6 Å². The van der Waals surface area contributed by atoms with Gasteiger partial charge in [-0.25, -0.2) is 4.98 Å². The number of carbonyl (C=O) groups is 1. The van der Waals surface area contributed by atoms with E-state index in [1.807, 2.05) is 84.5 Å². The minimum absolute atomic E-state index is 0.0528. The van der Waals surface area contributed by atoms with Crippen LogP contribution in [0.25, 0.3) is 6.08 Å². The molecule has 10 heteroatoms. The zero-order valence-corrected chi connectivity index (χ0v) is 30.9. The molecule has 1 saturated heterocycles. The number of hydroxylamine groups is 2. The third kappa shape index (κ3) is 10.7. The van der Waals surface area contributed by atoms with Crippen LogP contribution in [0.5, 0.6) is 28.9 Å². The second-order valence-electron chi connectivity index (χ2n) is 13.0. The molecule has 0 radical (unpaired) electrons. The normalized spacial score (nSPS) is 13.3. The first kappa shape index (κ1) is 37.6. The van der Waals surface area contributed by atoms with Crippen molar-refractivity contribution in [1.82, 2.24) is 14.9 Å². The van der Waals surface area contributed by atoms with Gasteiger partial charge in [0.05, 0.1) is 38.2 Å². The van der Waals surface area contributed by atoms with Gasteiger partial charge in [0.15, 0.2) is 0 Å². The molecular formula is C44H44N4O6. The van der Waals surface area contributed by atoms with Crippen LogP contribution in [0, 0.1) is 25.2 Å². The van der Waals surface area contributed by atoms with E-state index < -0.39 is 0 Å². The highest BCUT2D eigenvalue weighted by molar-refractivity contribution is 5.92. The molecule has 0 unspecified atom stereocenters. The fraction of sp³-hybridized carbons (Fsp3) is 0.250. The van der Waals surface area contributed by atoms with Gasteiger partial charge in [-0.05, 0) is 108 Å². The van der Waals surface area contributed by atoms with Crippen molar-refractivity contribution in [2.45, 2.75) is 33.4 Å². The lowest BCUT2D eigenvalue weighted by Crippen LogP contribution is -2.34. The fourth-order valence-electron chi connectivity index (χ4n) is 5.98. The Morgan fingerprint density at radius 2 is 1.52 bits per heavy atom. The second-order valence-corrected chi connectivity index (χ2v) is 13.0. The Hall–Kier alpha value is -6.15. The standard InChI is InChI=1S/C44H44N4O6/c1-32-26-38(27-33(2)44(32)54-42-18-17-41(29-46-42)52-31-37-10-6-35(28-45)7-11-37)12-19-43(49)47-21-22-48(53-25-23-47)30-36-8-4-34(5-9-36)20-24-51-40-15-13-39(50-3)14-16-40/h4-19,26-27,29H,20-25,30-31H2,1-3H3. The van der Waals surface area contributed by atoms with Crippen molar-refractivity contribution in [2.75, 3.05) is 40.0 Å². The number of nitriles is 1. The van der Waals surface area contributed by atoms with Crippen LogP contribution < -0.4 is 18.9 Å². The number of benzene rings is 4. The molecule has 0 saturated carbocycles. The SMILES string of the molecule is COc1ccc(OCCc2ccc(CN3CCN(C(=O)C=Cc4cc(C)c(Oc5ccc(OCc6ccc(C#N)cc6)cn5)c(C)c4)CCO3)cc2)cc1. The topological polar surface area (TPSA) is 106 Å². The Balaban J connectivity index is 0.942. The molecule has 54 heavy (non-hydrogen) atoms. The summed E-state index contributed by atoms with van der Waals surface area (Å²) in [6.07, 6.45) is 5.90. The average Bonchev–Trinajstić information content (AvgIpc) is 3.44. The molecule has 1 aliphatic rings. The lowest BCUT2D eigenvalue weighted by Gasteiger charge is -2.20. The van der Waals surface area contributed by atoms with E-state index in [2.05, 4.69) is 35.3 Å². The van der Waals surface area contributed by atoms with E-state index in [-0.39, 0.29) is 5.91 Å². The predicted molar refractivity (Wildman–Crippen MR) is 206 cm³/mol. The second kappa shape index (κ2) is 18.6. The van der Waals surface area contributed by atoms with Crippen LogP contribution in [0.2, 0.25) is 0 Å². The zero-order chi connectivity index (χ0) is 37.7. The molecular weight excluding hydrogens is 681 g/mol. The van der Waals surface area contributed by atoms with Gasteiger partial charge in [0.25, 0.3) is 0 Å². The number of hydrogen-bond donors (Lipinski definition) is 0. The quantitative estimate of drug-likeness (QED) is 0.106. The molecule has 0 N–H and O–H groups in total. The molecule has 6 rings (SSSR count). The van der Waals surface area contributed by atoms with Crippen molar-refractivity contribution < 1.29 is 28.6 Å². The number of amides is 1. The number of ether oxygens (including phenoxy) is 4. The number of carbonyl (C=O) groups excluding carboxylic acids is 1. The van der Waals surface area contributed by atoms with Crippen molar-refractivity contribution in [3.05, 3.63) is 148 Å². The Kier molecular flexibility index (Phi) is 12.9. The first-order valence-corrected chi connectivity index (χ1v) is 17.9. The molecule has 1 amide bonds. The minimum atomic E-state index is -0.0528. The molecule has 276 valence electrons. The van der Waals surface area contributed by atoms with Crippen molar-refractivity contribution in [3.63, 3.8) is 0 Å². The molecule has 0 bridgehead atoms. The summed E-state index contributed by atoms with van der Waals surface area (Å²) in [5, 5.41) is 10.9. The summed E-state index contributed by atoms with van der Waals surface area (Å²) in [6.45, 7) is 7.68. The van der Waals surface area contributed by atoms with E-state index in [4.69, 9.17) is 29.0 Å². The maximum atomic E-state index is 13.2. The summed E-state index contributed by atoms with van der Waals surface area (Å²) in [5.74, 6) is 3.36. The number of rotatable bonds is 14. The first-order valence-electron chi connectivity index (χ1n) is 17.9. The summed E-state index contributed by atoms with van der Waals surface area (Å²) in [6, 6.07) is 33.0. The van der Waals surface area contributed by atoms with Gasteiger partial charge in [0.2, 0.25) is 11.8 Å². The van der Waals surface area contributed by atoms with Crippen molar-refractivity contribution >= 4 is 12.0 Å². The maximum absolute atomic E-state index is 13.2. The van der Waals surface area contributed by atoms with E-state index >= 15 is 0 Å². The summed E-state index contributed by atoms with van der Waals surface area (Å²) < 4.78 is 23.0.